The van der Waals surface area contributed by atoms with Crippen LogP contribution in [-0.4, -0.2) is 25.5 Å². The zero-order valence-corrected chi connectivity index (χ0v) is 16.0. The first-order valence-corrected chi connectivity index (χ1v) is 9.05. The third-order valence-electron chi connectivity index (χ3n) is 5.45. The number of halogens is 1. The molecule has 6 heteroatoms. The highest BCUT2D eigenvalue weighted by atomic mass is 19.1. The van der Waals surface area contributed by atoms with Crippen LogP contribution >= 0.6 is 0 Å². The van der Waals surface area contributed by atoms with Gasteiger partial charge in [0.05, 0.1) is 18.1 Å². The number of hydrogen-bond donors (Lipinski definition) is 1. The maximum Gasteiger partial charge on any atom is 0.337 e. The van der Waals surface area contributed by atoms with Crippen molar-refractivity contribution in [1.82, 2.24) is 5.32 Å². The van der Waals surface area contributed by atoms with Crippen molar-refractivity contribution in [1.29, 1.82) is 0 Å². The Morgan fingerprint density at radius 1 is 1.14 bits per heavy atom. The quantitative estimate of drug-likeness (QED) is 0.809. The van der Waals surface area contributed by atoms with Crippen LogP contribution in [0.1, 0.15) is 35.3 Å². The minimum atomic E-state index is -1.45. The van der Waals surface area contributed by atoms with Crippen LogP contribution < -0.4 is 10.2 Å². The number of nitrogens with one attached hydrogen (secondary N) is 1. The lowest BCUT2D eigenvalue weighted by Crippen LogP contribution is -2.69. The topological polar surface area (TPSA) is 58.6 Å². The van der Waals surface area contributed by atoms with E-state index in [0.29, 0.717) is 17.7 Å². The van der Waals surface area contributed by atoms with Crippen LogP contribution in [0.3, 0.4) is 0 Å². The summed E-state index contributed by atoms with van der Waals surface area (Å²) in [5, 5.41) is 2.92. The molecule has 0 saturated carbocycles. The van der Waals surface area contributed by atoms with Crippen LogP contribution in [0.5, 0.6) is 0 Å². The fraction of sp³-hybridized carbons (Fsp3) is 0.273. The van der Waals surface area contributed by atoms with Crippen molar-refractivity contribution >= 4 is 23.6 Å². The lowest BCUT2D eigenvalue weighted by atomic mass is 9.80. The fourth-order valence-electron chi connectivity index (χ4n) is 3.87. The molecule has 1 atom stereocenters. The molecule has 1 fully saturated rings. The van der Waals surface area contributed by atoms with Gasteiger partial charge in [0.1, 0.15) is 0 Å². The standard InChI is InChI=1S/C22H21FN2O3/c1-21(2)13-25-17-7-5-4-6-15(17)12-18(23)22(25,24-20(21)27)16-10-8-14(9-11-16)19(26)28-3/h4-12H,13H2,1-3H3,(H,24,27). The summed E-state index contributed by atoms with van der Waals surface area (Å²) in [5.41, 5.74) is 0.350. The van der Waals surface area contributed by atoms with Gasteiger partial charge in [-0.15, -0.1) is 0 Å². The van der Waals surface area contributed by atoms with E-state index in [2.05, 4.69) is 5.32 Å². The van der Waals surface area contributed by atoms with E-state index in [4.69, 9.17) is 4.74 Å². The van der Waals surface area contributed by atoms with E-state index in [1.54, 1.807) is 24.3 Å². The largest absolute Gasteiger partial charge is 0.465 e. The number of amides is 1. The Hall–Kier alpha value is -3.15. The summed E-state index contributed by atoms with van der Waals surface area (Å²) in [5.74, 6) is -1.18. The Morgan fingerprint density at radius 3 is 2.50 bits per heavy atom. The lowest BCUT2D eigenvalue weighted by molar-refractivity contribution is -0.133. The first-order chi connectivity index (χ1) is 13.3. The number of anilines is 1. The molecule has 28 heavy (non-hydrogen) atoms. The van der Waals surface area contributed by atoms with E-state index in [0.717, 1.165) is 11.3 Å². The Balaban J connectivity index is 1.91. The molecule has 144 valence electrons. The van der Waals surface area contributed by atoms with Crippen molar-refractivity contribution in [3.63, 3.8) is 0 Å². The van der Waals surface area contributed by atoms with Gasteiger partial charge in [-0.05, 0) is 38.1 Å². The van der Waals surface area contributed by atoms with Gasteiger partial charge in [0, 0.05) is 23.4 Å². The van der Waals surface area contributed by atoms with Gasteiger partial charge in [0.25, 0.3) is 0 Å². The molecule has 0 aromatic heterocycles. The third-order valence-corrected chi connectivity index (χ3v) is 5.45. The number of carbonyl (C=O) groups excluding carboxylic acids is 2. The van der Waals surface area contributed by atoms with Crippen molar-refractivity contribution < 1.29 is 18.7 Å². The van der Waals surface area contributed by atoms with Crippen LogP contribution in [0.25, 0.3) is 6.08 Å². The van der Waals surface area contributed by atoms with Crippen molar-refractivity contribution in [2.75, 3.05) is 18.6 Å². The molecular weight excluding hydrogens is 359 g/mol. The maximum atomic E-state index is 15.6. The number of esters is 1. The smallest absolute Gasteiger partial charge is 0.337 e. The molecule has 1 amide bonds. The van der Waals surface area contributed by atoms with Gasteiger partial charge in [0.15, 0.2) is 11.5 Å². The van der Waals surface area contributed by atoms with Crippen LogP contribution in [0, 0.1) is 5.41 Å². The molecule has 1 saturated heterocycles. The van der Waals surface area contributed by atoms with Gasteiger partial charge in [-0.25, -0.2) is 9.18 Å². The van der Waals surface area contributed by atoms with Crippen LogP contribution in [0.2, 0.25) is 0 Å². The number of nitrogens with zero attached hydrogens (tertiary/aromatic N) is 1. The average Bonchev–Trinajstić information content (AvgIpc) is 2.69. The number of rotatable bonds is 2. The second-order valence-corrected chi connectivity index (χ2v) is 7.75. The molecule has 2 aromatic carbocycles. The zero-order valence-electron chi connectivity index (χ0n) is 16.0. The zero-order chi connectivity index (χ0) is 20.1. The summed E-state index contributed by atoms with van der Waals surface area (Å²) < 4.78 is 20.3. The maximum absolute atomic E-state index is 15.6. The minimum Gasteiger partial charge on any atom is -0.465 e. The summed E-state index contributed by atoms with van der Waals surface area (Å²) in [6.45, 7) is 4.02. The summed E-state index contributed by atoms with van der Waals surface area (Å²) in [7, 11) is 1.31. The molecule has 2 heterocycles. The van der Waals surface area contributed by atoms with Crippen molar-refractivity contribution in [2.45, 2.75) is 19.5 Å². The summed E-state index contributed by atoms with van der Waals surface area (Å²) in [4.78, 5) is 26.5. The second-order valence-electron chi connectivity index (χ2n) is 7.75. The first-order valence-electron chi connectivity index (χ1n) is 9.05. The molecule has 5 nitrogen and oxygen atoms in total. The molecule has 0 aliphatic carbocycles. The predicted molar refractivity (Wildman–Crippen MR) is 104 cm³/mol. The van der Waals surface area contributed by atoms with E-state index in [1.807, 2.05) is 43.0 Å². The van der Waals surface area contributed by atoms with Gasteiger partial charge >= 0.3 is 5.97 Å². The van der Waals surface area contributed by atoms with Gasteiger partial charge in [0.2, 0.25) is 5.91 Å². The lowest BCUT2D eigenvalue weighted by Gasteiger charge is -2.54. The molecular formula is C22H21FN2O3. The Labute approximate surface area is 162 Å². The molecule has 0 radical (unpaired) electrons. The average molecular weight is 380 g/mol. The monoisotopic (exact) mass is 380 g/mol. The van der Waals surface area contributed by atoms with Crippen molar-refractivity contribution in [3.8, 4) is 0 Å². The minimum absolute atomic E-state index is 0.233. The number of hydrogen-bond acceptors (Lipinski definition) is 4. The van der Waals surface area contributed by atoms with Crippen LogP contribution in [-0.2, 0) is 15.2 Å². The van der Waals surface area contributed by atoms with Gasteiger partial charge < -0.3 is 15.0 Å². The van der Waals surface area contributed by atoms with E-state index in [9.17, 15) is 9.59 Å². The highest BCUT2D eigenvalue weighted by molar-refractivity contribution is 5.91. The van der Waals surface area contributed by atoms with Crippen molar-refractivity contribution in [3.05, 3.63) is 71.0 Å². The highest BCUT2D eigenvalue weighted by Gasteiger charge is 2.54. The third kappa shape index (κ3) is 2.52. The summed E-state index contributed by atoms with van der Waals surface area (Å²) in [6.07, 6.45) is 1.46. The predicted octanol–water partition coefficient (Wildman–Crippen LogP) is 3.61. The first kappa shape index (κ1) is 18.2. The SMILES string of the molecule is COC(=O)c1ccc(C23NC(=O)C(C)(C)CN2c2ccccc2C=C3F)cc1. The number of para-hydroxylation sites is 1. The fourth-order valence-corrected chi connectivity index (χ4v) is 3.87. The van der Waals surface area contributed by atoms with Crippen LogP contribution in [0.4, 0.5) is 10.1 Å². The molecule has 2 aliphatic heterocycles. The van der Waals surface area contributed by atoms with Gasteiger partial charge in [-0.2, -0.15) is 0 Å². The molecule has 2 aromatic rings. The Bertz CT molecular complexity index is 997. The number of fused-ring (bicyclic) bond motifs is 3. The molecule has 0 spiro atoms. The number of methoxy groups -OCH3 is 1. The van der Waals surface area contributed by atoms with Crippen molar-refractivity contribution in [2.24, 2.45) is 5.41 Å². The number of ether oxygens (including phenoxy) is 1. The Morgan fingerprint density at radius 2 is 1.82 bits per heavy atom. The van der Waals surface area contributed by atoms with E-state index < -0.39 is 22.9 Å². The van der Waals surface area contributed by atoms with Gasteiger partial charge in [-0.3, -0.25) is 4.79 Å². The molecule has 1 unspecified atom stereocenters. The van der Waals surface area contributed by atoms with Crippen LogP contribution in [0.15, 0.2) is 54.4 Å². The van der Waals surface area contributed by atoms with E-state index in [-0.39, 0.29) is 5.91 Å². The van der Waals surface area contributed by atoms with E-state index in [1.165, 1.54) is 13.2 Å². The number of carbonyl (C=O) groups is 2. The second kappa shape index (κ2) is 6.19. The molecule has 4 rings (SSSR count). The normalized spacial score (nSPS) is 22.5. The van der Waals surface area contributed by atoms with Gasteiger partial charge in [-0.1, -0.05) is 30.3 Å². The molecule has 2 aliphatic rings. The number of benzene rings is 2. The van der Waals surface area contributed by atoms with E-state index >= 15 is 4.39 Å². The Kier molecular flexibility index (Phi) is 4.03. The summed E-state index contributed by atoms with van der Waals surface area (Å²) in [6, 6.07) is 14.0. The highest BCUT2D eigenvalue weighted by Crippen LogP contribution is 2.48. The summed E-state index contributed by atoms with van der Waals surface area (Å²) >= 11 is 0. The molecule has 1 N–H and O–H groups in total. The molecule has 0 bridgehead atoms.